The fourth-order valence-electron chi connectivity index (χ4n) is 3.71. The number of rotatable bonds is 5. The highest BCUT2D eigenvalue weighted by Gasteiger charge is 2.39. The lowest BCUT2D eigenvalue weighted by Crippen LogP contribution is -2.31. The van der Waals surface area contributed by atoms with Crippen LogP contribution in [-0.2, 0) is 0 Å². The van der Waals surface area contributed by atoms with Gasteiger partial charge in [0.25, 0.3) is 0 Å². The predicted octanol–water partition coefficient (Wildman–Crippen LogP) is 3.20. The molecular weight excluding hydrogens is 170 g/mol. The van der Waals surface area contributed by atoms with Crippen LogP contribution in [0, 0.1) is 17.8 Å². The first-order valence-corrected chi connectivity index (χ1v) is 6.56. The molecule has 0 amide bonds. The third-order valence-corrected chi connectivity index (χ3v) is 4.46. The van der Waals surface area contributed by atoms with Gasteiger partial charge in [0.05, 0.1) is 0 Å². The maximum absolute atomic E-state index is 3.62. The average Bonchev–Trinajstić information content (AvgIpc) is 2.78. The van der Waals surface area contributed by atoms with Gasteiger partial charge >= 0.3 is 0 Å². The number of fused-ring (bicyclic) bond motifs is 2. The van der Waals surface area contributed by atoms with Crippen LogP contribution in [0.2, 0.25) is 0 Å². The van der Waals surface area contributed by atoms with Crippen molar-refractivity contribution in [2.75, 3.05) is 6.54 Å². The molecule has 2 fully saturated rings. The van der Waals surface area contributed by atoms with E-state index >= 15 is 0 Å². The molecule has 2 saturated carbocycles. The summed E-state index contributed by atoms with van der Waals surface area (Å²) in [6, 6.07) is 0.796. The highest BCUT2D eigenvalue weighted by molar-refractivity contribution is 4.91. The van der Waals surface area contributed by atoms with Crippen LogP contribution < -0.4 is 5.32 Å². The molecule has 0 aromatic heterocycles. The molecule has 1 heteroatoms. The second kappa shape index (κ2) is 4.65. The lowest BCUT2D eigenvalue weighted by atomic mass is 9.84. The van der Waals surface area contributed by atoms with Crippen molar-refractivity contribution in [3.63, 3.8) is 0 Å². The first-order chi connectivity index (χ1) is 6.83. The Morgan fingerprint density at radius 3 is 2.57 bits per heavy atom. The minimum atomic E-state index is 0.796. The number of hydrogen-bond donors (Lipinski definition) is 1. The Labute approximate surface area is 88.7 Å². The van der Waals surface area contributed by atoms with Gasteiger partial charge in [0, 0.05) is 6.04 Å². The Bertz CT molecular complexity index is 178. The van der Waals surface area contributed by atoms with Gasteiger partial charge in [-0.1, -0.05) is 20.3 Å². The van der Waals surface area contributed by atoms with Crippen LogP contribution in [-0.4, -0.2) is 12.6 Å². The highest BCUT2D eigenvalue weighted by Crippen LogP contribution is 2.49. The first-order valence-electron chi connectivity index (χ1n) is 6.56. The van der Waals surface area contributed by atoms with Crippen LogP contribution in [0.25, 0.3) is 0 Å². The number of nitrogens with one attached hydrogen (secondary N) is 1. The maximum atomic E-state index is 3.62. The molecule has 1 N–H and O–H groups in total. The second-order valence-corrected chi connectivity index (χ2v) is 5.33. The average molecular weight is 195 g/mol. The first kappa shape index (κ1) is 10.5. The van der Waals surface area contributed by atoms with E-state index in [1.807, 2.05) is 0 Å². The maximum Gasteiger partial charge on any atom is 0.00670 e. The van der Waals surface area contributed by atoms with E-state index in [2.05, 4.69) is 19.2 Å². The Morgan fingerprint density at radius 1 is 1.21 bits per heavy atom. The molecule has 0 aromatic carbocycles. The Morgan fingerprint density at radius 2 is 2.07 bits per heavy atom. The predicted molar refractivity (Wildman–Crippen MR) is 61.3 cm³/mol. The Kier molecular flexibility index (Phi) is 3.48. The summed E-state index contributed by atoms with van der Waals surface area (Å²) in [5, 5.41) is 3.62. The van der Waals surface area contributed by atoms with E-state index in [-0.39, 0.29) is 0 Å². The van der Waals surface area contributed by atoms with Crippen molar-refractivity contribution in [3.05, 3.63) is 0 Å². The summed E-state index contributed by atoms with van der Waals surface area (Å²) in [6.07, 6.45) is 8.95. The largest absolute Gasteiger partial charge is 0.314 e. The lowest BCUT2D eigenvalue weighted by molar-refractivity contribution is 0.276. The van der Waals surface area contributed by atoms with Gasteiger partial charge in [-0.25, -0.2) is 0 Å². The quantitative estimate of drug-likeness (QED) is 0.710. The fraction of sp³-hybridized carbons (Fsp3) is 1.00. The summed E-state index contributed by atoms with van der Waals surface area (Å²) < 4.78 is 0. The lowest BCUT2D eigenvalue weighted by Gasteiger charge is -2.26. The zero-order chi connectivity index (χ0) is 9.97. The topological polar surface area (TPSA) is 12.0 Å². The molecule has 82 valence electrons. The van der Waals surface area contributed by atoms with E-state index in [0.717, 1.165) is 30.3 Å². The van der Waals surface area contributed by atoms with Crippen molar-refractivity contribution in [1.82, 2.24) is 5.32 Å². The SMILES string of the molecule is CCNC(CC)CC1CC2CCC1C2. The van der Waals surface area contributed by atoms with Crippen molar-refractivity contribution < 1.29 is 0 Å². The Hall–Kier alpha value is -0.0400. The molecule has 0 spiro atoms. The summed E-state index contributed by atoms with van der Waals surface area (Å²) in [7, 11) is 0. The molecule has 1 nitrogen and oxygen atoms in total. The van der Waals surface area contributed by atoms with E-state index in [1.54, 1.807) is 19.3 Å². The molecular formula is C13H25N. The van der Waals surface area contributed by atoms with E-state index in [9.17, 15) is 0 Å². The number of hydrogen-bond acceptors (Lipinski definition) is 1. The van der Waals surface area contributed by atoms with Crippen LogP contribution in [0.3, 0.4) is 0 Å². The van der Waals surface area contributed by atoms with Crippen LogP contribution in [0.15, 0.2) is 0 Å². The van der Waals surface area contributed by atoms with Gasteiger partial charge in [-0.2, -0.15) is 0 Å². The minimum absolute atomic E-state index is 0.796. The summed E-state index contributed by atoms with van der Waals surface area (Å²) in [5.41, 5.74) is 0. The monoisotopic (exact) mass is 195 g/mol. The van der Waals surface area contributed by atoms with Gasteiger partial charge in [0.2, 0.25) is 0 Å². The third kappa shape index (κ3) is 2.13. The fourth-order valence-corrected chi connectivity index (χ4v) is 3.71. The van der Waals surface area contributed by atoms with Gasteiger partial charge in [-0.3, -0.25) is 0 Å². The van der Waals surface area contributed by atoms with Crippen LogP contribution in [0.4, 0.5) is 0 Å². The molecule has 0 aromatic rings. The Balaban J connectivity index is 1.79. The molecule has 0 heterocycles. The van der Waals surface area contributed by atoms with E-state index in [4.69, 9.17) is 0 Å². The molecule has 2 bridgehead atoms. The third-order valence-electron chi connectivity index (χ3n) is 4.46. The van der Waals surface area contributed by atoms with Crippen molar-refractivity contribution >= 4 is 0 Å². The molecule has 2 aliphatic rings. The van der Waals surface area contributed by atoms with Crippen LogP contribution in [0.5, 0.6) is 0 Å². The molecule has 2 aliphatic carbocycles. The summed E-state index contributed by atoms with van der Waals surface area (Å²) in [4.78, 5) is 0. The van der Waals surface area contributed by atoms with Gasteiger partial charge in [0.15, 0.2) is 0 Å². The van der Waals surface area contributed by atoms with Crippen molar-refractivity contribution in [3.8, 4) is 0 Å². The smallest absolute Gasteiger partial charge is 0.00670 e. The van der Waals surface area contributed by atoms with Gasteiger partial charge in [0.1, 0.15) is 0 Å². The molecule has 14 heavy (non-hydrogen) atoms. The summed E-state index contributed by atoms with van der Waals surface area (Å²) in [5.74, 6) is 3.29. The van der Waals surface area contributed by atoms with Crippen molar-refractivity contribution in [2.24, 2.45) is 17.8 Å². The second-order valence-electron chi connectivity index (χ2n) is 5.33. The normalized spacial score (nSPS) is 37.7. The molecule has 4 atom stereocenters. The van der Waals surface area contributed by atoms with Gasteiger partial charge < -0.3 is 5.32 Å². The van der Waals surface area contributed by atoms with E-state index < -0.39 is 0 Å². The zero-order valence-corrected chi connectivity index (χ0v) is 9.76. The molecule has 0 aliphatic heterocycles. The molecule has 0 radical (unpaired) electrons. The summed E-state index contributed by atoms with van der Waals surface area (Å²) in [6.45, 7) is 5.68. The minimum Gasteiger partial charge on any atom is -0.314 e. The molecule has 4 unspecified atom stereocenters. The van der Waals surface area contributed by atoms with Gasteiger partial charge in [-0.05, 0) is 56.4 Å². The standard InChI is InChI=1S/C13H25N/c1-3-13(14-4-2)9-12-8-10-5-6-11(12)7-10/h10-14H,3-9H2,1-2H3. The van der Waals surface area contributed by atoms with Gasteiger partial charge in [-0.15, -0.1) is 0 Å². The van der Waals surface area contributed by atoms with Crippen molar-refractivity contribution in [2.45, 2.75) is 58.4 Å². The highest BCUT2D eigenvalue weighted by atomic mass is 14.9. The van der Waals surface area contributed by atoms with Crippen LogP contribution >= 0.6 is 0 Å². The molecule has 0 saturated heterocycles. The summed E-state index contributed by atoms with van der Waals surface area (Å²) >= 11 is 0. The van der Waals surface area contributed by atoms with Crippen LogP contribution in [0.1, 0.15) is 52.4 Å². The van der Waals surface area contributed by atoms with E-state index in [0.29, 0.717) is 0 Å². The zero-order valence-electron chi connectivity index (χ0n) is 9.76. The molecule has 2 rings (SSSR count). The van der Waals surface area contributed by atoms with Crippen molar-refractivity contribution in [1.29, 1.82) is 0 Å². The van der Waals surface area contributed by atoms with E-state index in [1.165, 1.54) is 19.3 Å².